The van der Waals surface area contributed by atoms with Crippen molar-refractivity contribution in [3.05, 3.63) is 218 Å². The summed E-state index contributed by atoms with van der Waals surface area (Å²) in [7, 11) is 0. The summed E-state index contributed by atoms with van der Waals surface area (Å²) >= 11 is 0. The fraction of sp³-hybridized carbons (Fsp3) is 0. The quantitative estimate of drug-likeness (QED) is 0.159. The van der Waals surface area contributed by atoms with Gasteiger partial charge < -0.3 is 0 Å². The zero-order valence-corrected chi connectivity index (χ0v) is 29.7. The zero-order valence-electron chi connectivity index (χ0n) is 29.7. The van der Waals surface area contributed by atoms with E-state index >= 15 is 0 Å². The molecule has 7 aromatic carbocycles. The van der Waals surface area contributed by atoms with Crippen LogP contribution in [0, 0.1) is 0 Å². The lowest BCUT2D eigenvalue weighted by Crippen LogP contribution is -1.94. The molecule has 0 unspecified atom stereocenters. The number of benzene rings is 7. The molecule has 0 bridgehead atoms. The van der Waals surface area contributed by atoms with Gasteiger partial charge in [0.2, 0.25) is 0 Å². The van der Waals surface area contributed by atoms with E-state index < -0.39 is 0 Å². The van der Waals surface area contributed by atoms with Gasteiger partial charge in [-0.05, 0) is 87.0 Å². The highest BCUT2D eigenvalue weighted by Gasteiger charge is 2.14. The number of hydrogen-bond acceptors (Lipinski definition) is 2. The van der Waals surface area contributed by atoms with Crippen molar-refractivity contribution in [2.24, 2.45) is 0 Å². The van der Waals surface area contributed by atoms with Gasteiger partial charge in [-0.3, -0.25) is 0 Å². The van der Waals surface area contributed by atoms with E-state index in [1.165, 1.54) is 11.1 Å². The number of hydrogen-bond donors (Lipinski definition) is 0. The van der Waals surface area contributed by atoms with E-state index in [1.807, 2.05) is 0 Å². The molecular weight excluding hydrogens is 653 g/mol. The average Bonchev–Trinajstić information content (AvgIpc) is 3.27. The predicted octanol–water partition coefficient (Wildman–Crippen LogP) is 13.8. The van der Waals surface area contributed by atoms with Crippen LogP contribution in [0.2, 0.25) is 0 Å². The van der Waals surface area contributed by atoms with Crippen LogP contribution in [0.25, 0.3) is 89.5 Å². The largest absolute Gasteiger partial charge is 0.248 e. The first-order valence-electron chi connectivity index (χ1n) is 18.3. The lowest BCUT2D eigenvalue weighted by atomic mass is 9.96. The fourth-order valence-corrected chi connectivity index (χ4v) is 7.06. The second-order valence-electron chi connectivity index (χ2n) is 13.5. The first-order valence-corrected chi connectivity index (χ1v) is 18.3. The van der Waals surface area contributed by atoms with Crippen LogP contribution in [0.5, 0.6) is 0 Å². The lowest BCUT2D eigenvalue weighted by Gasteiger charge is -2.13. The van der Waals surface area contributed by atoms with Gasteiger partial charge in [-0.15, -0.1) is 0 Å². The fourth-order valence-electron chi connectivity index (χ4n) is 7.06. The smallest absolute Gasteiger partial charge is 0.0715 e. The SMILES string of the molecule is c1ccc(-c2cccc(-c3cc(-c4ccccc4)cc(-c4cccc(-c5cc(-c6ccccc6)cc(-c6cccc(-c7ccccc7)c6)n5)c4)n3)c2)cc1. The van der Waals surface area contributed by atoms with Crippen molar-refractivity contribution < 1.29 is 0 Å². The Bertz CT molecular complexity index is 2500. The molecule has 0 amide bonds. The molecule has 9 aromatic rings. The maximum atomic E-state index is 5.32. The molecule has 2 heteroatoms. The number of pyridine rings is 2. The number of rotatable bonds is 8. The van der Waals surface area contributed by atoms with E-state index in [-0.39, 0.29) is 0 Å². The standard InChI is InChI=1S/C52H36N2/c1-5-16-37(17-6-1)41-24-13-26-43(30-41)49-33-47(39-20-9-3-10-21-39)35-51(53-49)45-28-15-29-46(32-45)52-36-48(40-22-11-4-12-23-40)34-50(54-52)44-27-14-25-42(31-44)38-18-7-2-8-19-38/h1-36H. The first-order chi connectivity index (χ1) is 26.7. The molecule has 2 nitrogen and oxygen atoms in total. The Morgan fingerprint density at radius 2 is 0.389 bits per heavy atom. The summed E-state index contributed by atoms with van der Waals surface area (Å²) in [6.07, 6.45) is 0. The second-order valence-corrected chi connectivity index (χ2v) is 13.5. The van der Waals surface area contributed by atoms with Crippen molar-refractivity contribution in [3.63, 3.8) is 0 Å². The molecular formula is C52H36N2. The Morgan fingerprint density at radius 1 is 0.167 bits per heavy atom. The van der Waals surface area contributed by atoms with Crippen LogP contribution in [0.3, 0.4) is 0 Å². The van der Waals surface area contributed by atoms with E-state index in [0.29, 0.717) is 0 Å². The maximum absolute atomic E-state index is 5.32. The van der Waals surface area contributed by atoms with Gasteiger partial charge in [0.15, 0.2) is 0 Å². The first kappa shape index (κ1) is 32.7. The van der Waals surface area contributed by atoms with Gasteiger partial charge in [-0.1, -0.05) is 176 Å². The van der Waals surface area contributed by atoms with Crippen LogP contribution in [0.4, 0.5) is 0 Å². The Morgan fingerprint density at radius 3 is 0.685 bits per heavy atom. The van der Waals surface area contributed by atoms with E-state index in [1.54, 1.807) is 0 Å². The van der Waals surface area contributed by atoms with Gasteiger partial charge in [0.25, 0.3) is 0 Å². The minimum Gasteiger partial charge on any atom is -0.248 e. The van der Waals surface area contributed by atoms with Crippen LogP contribution < -0.4 is 0 Å². The lowest BCUT2D eigenvalue weighted by molar-refractivity contribution is 1.31. The molecule has 9 rings (SSSR count). The van der Waals surface area contributed by atoms with E-state index in [0.717, 1.165) is 78.4 Å². The molecule has 0 saturated heterocycles. The topological polar surface area (TPSA) is 25.8 Å². The summed E-state index contributed by atoms with van der Waals surface area (Å²) in [5, 5.41) is 0. The van der Waals surface area contributed by atoms with E-state index in [9.17, 15) is 0 Å². The van der Waals surface area contributed by atoms with E-state index in [4.69, 9.17) is 9.97 Å². The van der Waals surface area contributed by atoms with Crippen molar-refractivity contribution in [1.29, 1.82) is 0 Å². The van der Waals surface area contributed by atoms with Gasteiger partial charge in [0.1, 0.15) is 0 Å². The molecule has 54 heavy (non-hydrogen) atoms. The average molecular weight is 689 g/mol. The molecule has 0 saturated carbocycles. The van der Waals surface area contributed by atoms with E-state index in [2.05, 4.69) is 218 Å². The molecule has 0 aliphatic heterocycles. The summed E-state index contributed by atoms with van der Waals surface area (Å²) in [4.78, 5) is 10.6. The third-order valence-electron chi connectivity index (χ3n) is 9.85. The summed E-state index contributed by atoms with van der Waals surface area (Å²) in [6, 6.07) is 76.9. The van der Waals surface area contributed by atoms with Crippen LogP contribution in [-0.2, 0) is 0 Å². The normalized spacial score (nSPS) is 11.0. The molecule has 0 fully saturated rings. The van der Waals surface area contributed by atoms with Crippen LogP contribution in [-0.4, -0.2) is 9.97 Å². The van der Waals surface area contributed by atoms with Crippen molar-refractivity contribution >= 4 is 0 Å². The van der Waals surface area contributed by atoms with Crippen molar-refractivity contribution in [2.75, 3.05) is 0 Å². The number of aromatic nitrogens is 2. The highest BCUT2D eigenvalue weighted by atomic mass is 14.7. The molecule has 0 aliphatic carbocycles. The van der Waals surface area contributed by atoms with Crippen molar-refractivity contribution in [3.8, 4) is 89.5 Å². The highest BCUT2D eigenvalue weighted by molar-refractivity contribution is 5.82. The van der Waals surface area contributed by atoms with Crippen LogP contribution in [0.15, 0.2) is 218 Å². The molecule has 2 heterocycles. The Hall–Kier alpha value is -7.16. The summed E-state index contributed by atoms with van der Waals surface area (Å²) in [6.45, 7) is 0. The van der Waals surface area contributed by atoms with Crippen LogP contribution >= 0.6 is 0 Å². The van der Waals surface area contributed by atoms with Gasteiger partial charge >= 0.3 is 0 Å². The monoisotopic (exact) mass is 688 g/mol. The highest BCUT2D eigenvalue weighted by Crippen LogP contribution is 2.36. The molecule has 0 atom stereocenters. The Labute approximate surface area is 316 Å². The molecule has 0 N–H and O–H groups in total. The zero-order chi connectivity index (χ0) is 36.1. The summed E-state index contributed by atoms with van der Waals surface area (Å²) in [5.74, 6) is 0. The third-order valence-corrected chi connectivity index (χ3v) is 9.85. The second kappa shape index (κ2) is 14.8. The molecule has 2 aromatic heterocycles. The minimum atomic E-state index is 0.910. The Balaban J connectivity index is 1.16. The molecule has 0 spiro atoms. The Kier molecular flexibility index (Phi) is 8.99. The van der Waals surface area contributed by atoms with Gasteiger partial charge in [0, 0.05) is 22.3 Å². The summed E-state index contributed by atoms with van der Waals surface area (Å²) < 4.78 is 0. The maximum Gasteiger partial charge on any atom is 0.0715 e. The van der Waals surface area contributed by atoms with Gasteiger partial charge in [-0.2, -0.15) is 0 Å². The van der Waals surface area contributed by atoms with Gasteiger partial charge in [-0.25, -0.2) is 9.97 Å². The van der Waals surface area contributed by atoms with Crippen LogP contribution in [0.1, 0.15) is 0 Å². The van der Waals surface area contributed by atoms with Crippen molar-refractivity contribution in [1.82, 2.24) is 9.97 Å². The minimum absolute atomic E-state index is 0.910. The third kappa shape index (κ3) is 7.01. The predicted molar refractivity (Wildman–Crippen MR) is 226 cm³/mol. The molecule has 254 valence electrons. The van der Waals surface area contributed by atoms with Gasteiger partial charge in [0.05, 0.1) is 22.8 Å². The van der Waals surface area contributed by atoms with Crippen molar-refractivity contribution in [2.45, 2.75) is 0 Å². The molecule has 0 radical (unpaired) electrons. The molecule has 0 aliphatic rings. The summed E-state index contributed by atoms with van der Waals surface area (Å²) in [5.41, 5.74) is 17.1. The number of nitrogens with zero attached hydrogens (tertiary/aromatic N) is 2.